The summed E-state index contributed by atoms with van der Waals surface area (Å²) in [5.74, 6) is -0.744. The van der Waals surface area contributed by atoms with E-state index in [1.165, 1.54) is 5.39 Å². The molecule has 4 nitrogen and oxygen atoms in total. The predicted molar refractivity (Wildman–Crippen MR) is 91.6 cm³/mol. The fourth-order valence-electron chi connectivity index (χ4n) is 2.63. The van der Waals surface area contributed by atoms with Crippen molar-refractivity contribution in [3.05, 3.63) is 66.6 Å². The van der Waals surface area contributed by atoms with Gasteiger partial charge in [0.05, 0.1) is 17.4 Å². The Bertz CT molecular complexity index is 835. The topological polar surface area (TPSA) is 55.1 Å². The van der Waals surface area contributed by atoms with E-state index in [-0.39, 0.29) is 6.42 Å². The minimum absolute atomic E-state index is 0.210. The molecule has 0 unspecified atom stereocenters. The number of fused-ring (bicyclic) bond motifs is 1. The highest BCUT2D eigenvalue weighted by Gasteiger charge is 2.07. The van der Waals surface area contributed by atoms with Crippen molar-refractivity contribution in [3.8, 4) is 5.69 Å². The Morgan fingerprint density at radius 1 is 1.22 bits per heavy atom. The Morgan fingerprint density at radius 2 is 2.09 bits per heavy atom. The number of allylic oxidation sites excluding steroid dienone is 1. The molecular formula is C19H18N2O2. The highest BCUT2D eigenvalue weighted by Crippen LogP contribution is 2.25. The van der Waals surface area contributed by atoms with E-state index >= 15 is 0 Å². The molecule has 2 aromatic heterocycles. The minimum Gasteiger partial charge on any atom is -0.481 e. The van der Waals surface area contributed by atoms with E-state index in [1.54, 1.807) is 6.20 Å². The third-order valence-electron chi connectivity index (χ3n) is 3.73. The summed E-state index contributed by atoms with van der Waals surface area (Å²) in [5.41, 5.74) is 3.28. The number of carbonyl (C=O) groups is 1. The van der Waals surface area contributed by atoms with Crippen LogP contribution in [-0.2, 0) is 4.79 Å². The summed E-state index contributed by atoms with van der Waals surface area (Å²) in [7, 11) is 0. The van der Waals surface area contributed by atoms with Crippen LogP contribution in [0.1, 0.15) is 24.8 Å². The number of hydrogen-bond acceptors (Lipinski definition) is 2. The van der Waals surface area contributed by atoms with Gasteiger partial charge >= 0.3 is 5.97 Å². The molecule has 0 spiro atoms. The molecule has 3 rings (SSSR count). The van der Waals surface area contributed by atoms with Crippen LogP contribution in [0.25, 0.3) is 22.7 Å². The first-order valence-electron chi connectivity index (χ1n) is 7.64. The summed E-state index contributed by atoms with van der Waals surface area (Å²) in [5, 5.41) is 9.84. The Hall–Kier alpha value is -2.88. The van der Waals surface area contributed by atoms with E-state index in [2.05, 4.69) is 34.0 Å². The van der Waals surface area contributed by atoms with Gasteiger partial charge in [0.1, 0.15) is 0 Å². The normalized spacial score (nSPS) is 11.3. The van der Waals surface area contributed by atoms with Crippen molar-refractivity contribution >= 4 is 22.9 Å². The summed E-state index contributed by atoms with van der Waals surface area (Å²) in [4.78, 5) is 14.7. The second kappa shape index (κ2) is 6.92. The zero-order valence-electron chi connectivity index (χ0n) is 12.7. The summed E-state index contributed by atoms with van der Waals surface area (Å²) in [6, 6.07) is 12.2. The molecule has 0 aliphatic heterocycles. The van der Waals surface area contributed by atoms with E-state index in [0.717, 1.165) is 23.2 Å². The molecule has 2 heterocycles. The Morgan fingerprint density at radius 3 is 2.87 bits per heavy atom. The summed E-state index contributed by atoms with van der Waals surface area (Å²) >= 11 is 0. The van der Waals surface area contributed by atoms with Crippen molar-refractivity contribution in [3.63, 3.8) is 0 Å². The smallest absolute Gasteiger partial charge is 0.303 e. The van der Waals surface area contributed by atoms with Crippen LogP contribution in [-0.4, -0.2) is 20.6 Å². The molecule has 0 bridgehead atoms. The van der Waals surface area contributed by atoms with Crippen LogP contribution in [0, 0.1) is 0 Å². The van der Waals surface area contributed by atoms with Crippen LogP contribution in [0.2, 0.25) is 0 Å². The van der Waals surface area contributed by atoms with Gasteiger partial charge in [0.25, 0.3) is 0 Å². The molecule has 23 heavy (non-hydrogen) atoms. The average molecular weight is 306 g/mol. The monoisotopic (exact) mass is 306 g/mol. The van der Waals surface area contributed by atoms with Crippen molar-refractivity contribution in [2.45, 2.75) is 19.3 Å². The number of hydrogen-bond donors (Lipinski definition) is 1. The minimum atomic E-state index is -0.744. The molecule has 4 heteroatoms. The maximum Gasteiger partial charge on any atom is 0.303 e. The molecule has 0 aliphatic carbocycles. The maximum absolute atomic E-state index is 10.5. The summed E-state index contributed by atoms with van der Waals surface area (Å²) in [6.07, 6.45) is 11.4. The number of aromatic nitrogens is 2. The third kappa shape index (κ3) is 3.48. The van der Waals surface area contributed by atoms with Crippen LogP contribution in [0.3, 0.4) is 0 Å². The number of para-hydroxylation sites is 1. The lowest BCUT2D eigenvalue weighted by Crippen LogP contribution is -1.92. The van der Waals surface area contributed by atoms with Crippen molar-refractivity contribution < 1.29 is 9.90 Å². The zero-order valence-corrected chi connectivity index (χ0v) is 12.7. The lowest BCUT2D eigenvalue weighted by molar-refractivity contribution is -0.137. The first-order valence-corrected chi connectivity index (χ1v) is 7.64. The fourth-order valence-corrected chi connectivity index (χ4v) is 2.63. The van der Waals surface area contributed by atoms with Gasteiger partial charge in [-0.3, -0.25) is 9.78 Å². The Kier molecular flexibility index (Phi) is 4.52. The first kappa shape index (κ1) is 15.0. The molecule has 0 saturated heterocycles. The van der Waals surface area contributed by atoms with Crippen LogP contribution in [0.4, 0.5) is 0 Å². The van der Waals surface area contributed by atoms with Crippen molar-refractivity contribution in [1.82, 2.24) is 9.55 Å². The number of unbranched alkanes of at least 4 members (excludes halogenated alkanes) is 1. The van der Waals surface area contributed by atoms with E-state index < -0.39 is 5.97 Å². The Labute approximate surface area is 134 Å². The molecule has 0 aliphatic rings. The summed E-state index contributed by atoms with van der Waals surface area (Å²) < 4.78 is 2.12. The van der Waals surface area contributed by atoms with Crippen LogP contribution in [0.15, 0.2) is 61.1 Å². The van der Waals surface area contributed by atoms with Crippen LogP contribution >= 0.6 is 0 Å². The predicted octanol–water partition coefficient (Wildman–Crippen LogP) is 4.29. The maximum atomic E-state index is 10.5. The fraction of sp³-hybridized carbons (Fsp3) is 0.158. The highest BCUT2D eigenvalue weighted by atomic mass is 16.4. The number of carboxylic acid groups (broad SMARTS) is 1. The molecule has 116 valence electrons. The molecule has 0 saturated carbocycles. The van der Waals surface area contributed by atoms with E-state index in [4.69, 9.17) is 5.11 Å². The van der Waals surface area contributed by atoms with Gasteiger partial charge in [-0.2, -0.15) is 0 Å². The number of rotatable bonds is 6. The lowest BCUT2D eigenvalue weighted by Gasteiger charge is -2.03. The molecule has 0 amide bonds. The molecule has 1 N–H and O–H groups in total. The SMILES string of the molecule is O=C(O)CCC/C=C/c1cn(-c2cccnc2)c2ccccc12. The third-order valence-corrected chi connectivity index (χ3v) is 3.73. The van der Waals surface area contributed by atoms with Crippen LogP contribution < -0.4 is 0 Å². The van der Waals surface area contributed by atoms with Gasteiger partial charge in [0.2, 0.25) is 0 Å². The molecule has 0 radical (unpaired) electrons. The second-order valence-corrected chi connectivity index (χ2v) is 5.37. The number of nitrogens with zero attached hydrogens (tertiary/aromatic N) is 2. The largest absolute Gasteiger partial charge is 0.481 e. The van der Waals surface area contributed by atoms with E-state index in [1.807, 2.05) is 36.5 Å². The van der Waals surface area contributed by atoms with Gasteiger partial charge in [-0.15, -0.1) is 0 Å². The average Bonchev–Trinajstić information content (AvgIpc) is 2.94. The first-order chi connectivity index (χ1) is 11.3. The second-order valence-electron chi connectivity index (χ2n) is 5.37. The molecular weight excluding hydrogens is 288 g/mol. The summed E-state index contributed by atoms with van der Waals surface area (Å²) in [6.45, 7) is 0. The standard InChI is InChI=1S/C19H18N2O2/c22-19(23)11-3-1-2-7-15-14-21(16-8-6-12-20-13-16)18-10-5-4-9-17(15)18/h2,4-10,12-14H,1,3,11H2,(H,22,23)/b7-2+. The van der Waals surface area contributed by atoms with Crippen LogP contribution in [0.5, 0.6) is 0 Å². The lowest BCUT2D eigenvalue weighted by atomic mass is 10.1. The van der Waals surface area contributed by atoms with Gasteiger partial charge in [-0.05, 0) is 31.0 Å². The van der Waals surface area contributed by atoms with Gasteiger partial charge in [-0.1, -0.05) is 30.4 Å². The zero-order chi connectivity index (χ0) is 16.1. The number of pyridine rings is 1. The molecule has 3 aromatic rings. The highest BCUT2D eigenvalue weighted by molar-refractivity contribution is 5.90. The number of benzene rings is 1. The van der Waals surface area contributed by atoms with Gasteiger partial charge < -0.3 is 9.67 Å². The van der Waals surface area contributed by atoms with E-state index in [9.17, 15) is 4.79 Å². The molecule has 1 aromatic carbocycles. The van der Waals surface area contributed by atoms with Gasteiger partial charge in [-0.25, -0.2) is 0 Å². The van der Waals surface area contributed by atoms with Crippen molar-refractivity contribution in [2.75, 3.05) is 0 Å². The van der Waals surface area contributed by atoms with Crippen molar-refractivity contribution in [2.24, 2.45) is 0 Å². The molecule has 0 atom stereocenters. The van der Waals surface area contributed by atoms with Crippen molar-refractivity contribution in [1.29, 1.82) is 0 Å². The van der Waals surface area contributed by atoms with Gasteiger partial charge in [0.15, 0.2) is 0 Å². The number of aliphatic carboxylic acids is 1. The quantitative estimate of drug-likeness (QED) is 0.691. The van der Waals surface area contributed by atoms with E-state index in [0.29, 0.717) is 6.42 Å². The Balaban J connectivity index is 1.89. The van der Waals surface area contributed by atoms with Gasteiger partial charge in [0, 0.05) is 29.8 Å². The number of carboxylic acids is 1. The molecule has 0 fully saturated rings.